The number of ketones is 1. The van der Waals surface area contributed by atoms with Crippen LogP contribution in [0.5, 0.6) is 0 Å². The molecule has 4 nitrogen and oxygen atoms in total. The van der Waals surface area contributed by atoms with Gasteiger partial charge in [-0.3, -0.25) is 4.79 Å². The number of hydrogen-bond acceptors (Lipinski definition) is 4. The summed E-state index contributed by atoms with van der Waals surface area (Å²) in [5, 5.41) is 10.3. The summed E-state index contributed by atoms with van der Waals surface area (Å²) in [6.45, 7) is 6.47. The second kappa shape index (κ2) is 7.53. The first-order valence-electron chi connectivity index (χ1n) is 12.6. The minimum atomic E-state index is -0.0659. The summed E-state index contributed by atoms with van der Waals surface area (Å²) >= 11 is 0. The average molecular weight is 415 g/mol. The van der Waals surface area contributed by atoms with Crippen LogP contribution in [0.4, 0.5) is 0 Å². The number of carbonyl (C=O) groups excluding carboxylic acids is 1. The van der Waals surface area contributed by atoms with E-state index in [1.54, 1.807) is 0 Å². The van der Waals surface area contributed by atoms with E-state index in [0.29, 0.717) is 23.7 Å². The number of nitrogens with zero attached hydrogens (tertiary/aromatic N) is 2. The summed E-state index contributed by atoms with van der Waals surface area (Å²) in [5.74, 6) is 3.78. The van der Waals surface area contributed by atoms with Crippen LogP contribution in [0.2, 0.25) is 0 Å². The molecule has 0 aromatic carbocycles. The number of hydrogen-bond donors (Lipinski definition) is 1. The highest BCUT2D eigenvalue weighted by atomic mass is 16.3. The molecule has 0 unspecified atom stereocenters. The van der Waals surface area contributed by atoms with Gasteiger partial charge >= 0.3 is 0 Å². The van der Waals surface area contributed by atoms with Crippen LogP contribution in [0.15, 0.2) is 12.4 Å². The van der Waals surface area contributed by atoms with Crippen molar-refractivity contribution in [2.24, 2.45) is 40.4 Å². The van der Waals surface area contributed by atoms with E-state index in [-0.39, 0.29) is 17.4 Å². The van der Waals surface area contributed by atoms with Crippen molar-refractivity contribution >= 4 is 5.78 Å². The second-order valence-corrected chi connectivity index (χ2v) is 12.0. The Labute approximate surface area is 183 Å². The van der Waals surface area contributed by atoms with Gasteiger partial charge in [0.1, 0.15) is 0 Å². The first-order valence-corrected chi connectivity index (χ1v) is 12.6. The van der Waals surface area contributed by atoms with E-state index in [1.165, 1.54) is 44.9 Å². The lowest BCUT2D eigenvalue weighted by molar-refractivity contribution is -0.160. The Balaban J connectivity index is 1.34. The van der Waals surface area contributed by atoms with E-state index in [0.717, 1.165) is 43.7 Å². The number of aliphatic hydroxyl groups is 1. The standard InChI is InChI=1S/C26H42N2O2/c1-25-11-9-19(29)15-18(25)7-8-20-21-5-4-6-23(26(21,2)12-10-22(20)25)24(30)16-28-14-13-27(3)17-28/h13-14,18-23,29H,4-12,15-17H2,1-3H3/t18-,19+,20-,21-,22-,23+,25-,26-/m0/s1. The highest BCUT2D eigenvalue weighted by molar-refractivity contribution is 5.84. The molecule has 1 heterocycles. The maximum absolute atomic E-state index is 13.5. The molecule has 30 heavy (non-hydrogen) atoms. The third kappa shape index (κ3) is 3.24. The molecule has 8 atom stereocenters. The molecule has 0 spiro atoms. The van der Waals surface area contributed by atoms with E-state index in [2.05, 4.69) is 43.1 Å². The Morgan fingerprint density at radius 1 is 1.00 bits per heavy atom. The number of rotatable bonds is 3. The van der Waals surface area contributed by atoms with Crippen molar-refractivity contribution in [2.75, 3.05) is 20.3 Å². The number of fused-ring (bicyclic) bond motifs is 5. The van der Waals surface area contributed by atoms with Crippen LogP contribution in [0.25, 0.3) is 0 Å². The molecular weight excluding hydrogens is 372 g/mol. The van der Waals surface area contributed by atoms with Gasteiger partial charge in [0.05, 0.1) is 19.3 Å². The lowest BCUT2D eigenvalue weighted by Crippen LogP contribution is -2.57. The fourth-order valence-corrected chi connectivity index (χ4v) is 8.96. The molecule has 0 saturated heterocycles. The first-order chi connectivity index (χ1) is 14.3. The Morgan fingerprint density at radius 3 is 2.53 bits per heavy atom. The van der Waals surface area contributed by atoms with Crippen LogP contribution < -0.4 is 0 Å². The molecule has 0 amide bonds. The van der Waals surface area contributed by atoms with E-state index < -0.39 is 0 Å². The molecule has 0 aromatic heterocycles. The van der Waals surface area contributed by atoms with Gasteiger partial charge < -0.3 is 14.9 Å². The maximum atomic E-state index is 13.5. The zero-order chi connectivity index (χ0) is 21.1. The van der Waals surface area contributed by atoms with Gasteiger partial charge in [0.15, 0.2) is 5.78 Å². The molecule has 5 rings (SSSR count). The van der Waals surface area contributed by atoms with Gasteiger partial charge in [-0.1, -0.05) is 20.3 Å². The zero-order valence-electron chi connectivity index (χ0n) is 19.4. The van der Waals surface area contributed by atoms with Crippen LogP contribution in [-0.2, 0) is 4.79 Å². The Bertz CT molecular complexity index is 707. The third-order valence-electron chi connectivity index (χ3n) is 10.6. The molecule has 168 valence electrons. The van der Waals surface area contributed by atoms with Crippen molar-refractivity contribution in [3.05, 3.63) is 12.4 Å². The highest BCUT2D eigenvalue weighted by Gasteiger charge is 2.59. The van der Waals surface area contributed by atoms with Gasteiger partial charge in [-0.05, 0) is 92.3 Å². The lowest BCUT2D eigenvalue weighted by Gasteiger charge is -2.63. The van der Waals surface area contributed by atoms with E-state index in [4.69, 9.17) is 0 Å². The predicted octanol–water partition coefficient (Wildman–Crippen LogP) is 4.64. The SMILES string of the molecule is CN1C=CN(CC(=O)[C@H]2CCC[C@H]3[C@@H]4CC[C@H]5C[C@H](O)CC[C@]5(C)[C@H]4CC[C@]23C)C1. The molecule has 0 aromatic rings. The zero-order valence-corrected chi connectivity index (χ0v) is 19.4. The van der Waals surface area contributed by atoms with Crippen LogP contribution >= 0.6 is 0 Å². The monoisotopic (exact) mass is 414 g/mol. The fourth-order valence-electron chi connectivity index (χ4n) is 8.96. The summed E-state index contributed by atoms with van der Waals surface area (Å²) in [7, 11) is 2.07. The molecule has 0 bridgehead atoms. The fraction of sp³-hybridized carbons (Fsp3) is 0.885. The van der Waals surface area contributed by atoms with Gasteiger partial charge in [0, 0.05) is 25.4 Å². The molecule has 1 aliphatic heterocycles. The average Bonchev–Trinajstić information content (AvgIpc) is 3.11. The maximum Gasteiger partial charge on any atom is 0.155 e. The molecule has 5 aliphatic rings. The molecule has 4 fully saturated rings. The molecule has 1 N–H and O–H groups in total. The summed E-state index contributed by atoms with van der Waals surface area (Å²) in [4.78, 5) is 17.8. The minimum absolute atomic E-state index is 0.0659. The lowest BCUT2D eigenvalue weighted by atomic mass is 9.41. The summed E-state index contributed by atoms with van der Waals surface area (Å²) in [5.41, 5.74) is 0.620. The first kappa shape index (κ1) is 20.8. The summed E-state index contributed by atoms with van der Waals surface area (Å²) < 4.78 is 0. The van der Waals surface area contributed by atoms with Gasteiger partial charge in [0.2, 0.25) is 0 Å². The van der Waals surface area contributed by atoms with Gasteiger partial charge in [-0.2, -0.15) is 0 Å². The van der Waals surface area contributed by atoms with Crippen LogP contribution in [-0.4, -0.2) is 47.1 Å². The van der Waals surface area contributed by atoms with Crippen molar-refractivity contribution in [1.29, 1.82) is 0 Å². The third-order valence-corrected chi connectivity index (χ3v) is 10.6. The highest BCUT2D eigenvalue weighted by Crippen LogP contribution is 2.66. The number of aliphatic hydroxyl groups excluding tert-OH is 1. The summed E-state index contributed by atoms with van der Waals surface area (Å²) in [6, 6.07) is 0. The van der Waals surface area contributed by atoms with Gasteiger partial charge in [-0.15, -0.1) is 0 Å². The second-order valence-electron chi connectivity index (χ2n) is 12.0. The topological polar surface area (TPSA) is 43.8 Å². The van der Waals surface area contributed by atoms with Crippen LogP contribution in [0.3, 0.4) is 0 Å². The van der Waals surface area contributed by atoms with E-state index >= 15 is 0 Å². The molecule has 4 saturated carbocycles. The molecule has 4 aliphatic carbocycles. The van der Waals surface area contributed by atoms with Crippen molar-refractivity contribution in [3.63, 3.8) is 0 Å². The quantitative estimate of drug-likeness (QED) is 0.730. The van der Waals surface area contributed by atoms with Crippen molar-refractivity contribution in [3.8, 4) is 0 Å². The Kier molecular flexibility index (Phi) is 5.24. The normalized spacial score (nSPS) is 48.1. The summed E-state index contributed by atoms with van der Waals surface area (Å²) in [6.07, 6.45) is 16.1. The minimum Gasteiger partial charge on any atom is -0.393 e. The van der Waals surface area contributed by atoms with Crippen molar-refractivity contribution in [1.82, 2.24) is 9.80 Å². The van der Waals surface area contributed by atoms with E-state index in [9.17, 15) is 9.90 Å². The smallest absolute Gasteiger partial charge is 0.155 e. The van der Waals surface area contributed by atoms with Crippen LogP contribution in [0.1, 0.15) is 78.1 Å². The van der Waals surface area contributed by atoms with Gasteiger partial charge in [-0.25, -0.2) is 0 Å². The van der Waals surface area contributed by atoms with Crippen molar-refractivity contribution < 1.29 is 9.90 Å². The van der Waals surface area contributed by atoms with Crippen molar-refractivity contribution in [2.45, 2.75) is 84.2 Å². The number of Topliss-reactive ketones (excluding diaryl/α,β-unsaturated/α-hetero) is 1. The van der Waals surface area contributed by atoms with Gasteiger partial charge in [0.25, 0.3) is 0 Å². The Morgan fingerprint density at radius 2 is 1.77 bits per heavy atom. The van der Waals surface area contributed by atoms with E-state index in [1.807, 2.05) is 0 Å². The van der Waals surface area contributed by atoms with Crippen LogP contribution in [0, 0.1) is 40.4 Å². The Hall–Kier alpha value is -1.03. The molecule has 0 radical (unpaired) electrons. The molecule has 4 heteroatoms. The molecular formula is C26H42N2O2. The predicted molar refractivity (Wildman–Crippen MR) is 119 cm³/mol. The largest absolute Gasteiger partial charge is 0.393 e. The number of carbonyl (C=O) groups is 1.